The minimum Gasteiger partial charge on any atom is -0.324 e. The summed E-state index contributed by atoms with van der Waals surface area (Å²) in [5, 5.41) is -5.89. The van der Waals surface area contributed by atoms with Crippen molar-refractivity contribution in [2.75, 3.05) is 0 Å². The Morgan fingerprint density at radius 1 is 0.550 bits per heavy atom. The van der Waals surface area contributed by atoms with Crippen LogP contribution in [0, 0.1) is 5.92 Å². The van der Waals surface area contributed by atoms with E-state index in [1.54, 1.807) is 0 Å². The van der Waals surface area contributed by atoms with Crippen molar-refractivity contribution in [2.24, 2.45) is 5.92 Å². The smallest absolute Gasteiger partial charge is 0.324 e. The van der Waals surface area contributed by atoms with Crippen molar-refractivity contribution in [2.45, 2.75) is 17.7 Å². The molecule has 0 atom stereocenters. The molecule has 0 rings (SSSR count). The highest BCUT2D eigenvalue weighted by Gasteiger charge is 2.57. The quantitative estimate of drug-likeness (QED) is 0.260. The van der Waals surface area contributed by atoms with Crippen molar-refractivity contribution < 1.29 is 57.4 Å². The third-order valence-electron chi connectivity index (χ3n) is 2.32. The lowest BCUT2D eigenvalue weighted by Gasteiger charge is -2.31. The van der Waals surface area contributed by atoms with Gasteiger partial charge < -0.3 is 39.1 Å². The summed E-state index contributed by atoms with van der Waals surface area (Å²) in [6.07, 6.45) is 0. The summed E-state index contributed by atoms with van der Waals surface area (Å²) in [5.41, 5.74) is 0. The average Bonchev–Trinajstić information content (AvgIpc) is 1.88. The molecule has 0 aromatic rings. The number of hydrogen-bond acceptors (Lipinski definition) is 4. The van der Waals surface area contributed by atoms with Crippen molar-refractivity contribution in [3.05, 3.63) is 0 Å². The maximum Gasteiger partial charge on any atom is 0.341 e. The molecule has 0 spiro atoms. The molecule has 8 N–H and O–H groups in total. The van der Waals surface area contributed by atoms with E-state index in [1.165, 1.54) is 0 Å². The van der Waals surface area contributed by atoms with Crippen LogP contribution in [0.3, 0.4) is 0 Å². The summed E-state index contributed by atoms with van der Waals surface area (Å²) < 4.78 is 44.3. The van der Waals surface area contributed by atoms with E-state index in [2.05, 4.69) is 0 Å². The van der Waals surface area contributed by atoms with Gasteiger partial charge in [0.1, 0.15) is 0 Å². The van der Waals surface area contributed by atoms with E-state index in [4.69, 9.17) is 39.1 Å². The lowest BCUT2D eigenvalue weighted by Crippen LogP contribution is -2.30. The second kappa shape index (κ2) is 6.01. The molecule has 12 nitrogen and oxygen atoms in total. The summed E-state index contributed by atoms with van der Waals surface area (Å²) in [4.78, 5) is 71.0. The lowest BCUT2D eigenvalue weighted by atomic mass is 10.2. The van der Waals surface area contributed by atoms with Crippen LogP contribution in [0.1, 0.15) is 6.92 Å². The Bertz CT molecular complexity index is 438. The van der Waals surface area contributed by atoms with Gasteiger partial charge in [-0.1, -0.05) is 6.92 Å². The van der Waals surface area contributed by atoms with Crippen molar-refractivity contribution in [3.8, 4) is 0 Å². The molecular weight excluding hydrogens is 364 g/mol. The molecular formula is C4H14O12P4. The zero-order valence-corrected chi connectivity index (χ0v) is 13.3. The standard InChI is InChI=1S/C4H14O12P4/c1-2(3(17(5,6)7)18(8,9)10)4(19(11,12)13)20(14,15)16/h2-4H,1H3,(H2,5,6,7)(H2,8,9,10)(H2,11,12,13)(H2,14,15,16). The maximum absolute atomic E-state index is 11.1. The van der Waals surface area contributed by atoms with Crippen LogP contribution >= 0.6 is 30.4 Å². The molecule has 0 aromatic heterocycles. The molecule has 0 heterocycles. The van der Waals surface area contributed by atoms with E-state index < -0.39 is 47.1 Å². The molecule has 0 aliphatic heterocycles. The normalized spacial score (nSPS) is 15.4. The highest BCUT2D eigenvalue weighted by Crippen LogP contribution is 2.71. The summed E-state index contributed by atoms with van der Waals surface area (Å²) in [7, 11) is -22.4. The molecule has 0 saturated heterocycles. The molecule has 16 heteroatoms. The molecule has 0 fully saturated rings. The molecule has 0 aromatic carbocycles. The van der Waals surface area contributed by atoms with Gasteiger partial charge in [-0.2, -0.15) is 0 Å². The molecule has 20 heavy (non-hydrogen) atoms. The Balaban J connectivity index is 6.08. The Morgan fingerprint density at radius 3 is 0.800 bits per heavy atom. The fourth-order valence-corrected chi connectivity index (χ4v) is 8.59. The highest BCUT2D eigenvalue weighted by atomic mass is 31.2. The van der Waals surface area contributed by atoms with Crippen LogP contribution in [0.25, 0.3) is 0 Å². The highest BCUT2D eigenvalue weighted by molar-refractivity contribution is 7.72. The summed E-state index contributed by atoms with van der Waals surface area (Å²) >= 11 is 0. The molecule has 0 aliphatic rings. The largest absolute Gasteiger partial charge is 0.341 e. The monoisotopic (exact) mass is 378 g/mol. The van der Waals surface area contributed by atoms with E-state index in [9.17, 15) is 18.3 Å². The Hall–Kier alpha value is 0.600. The fraction of sp³-hybridized carbons (Fsp3) is 1.00. The molecule has 0 radical (unpaired) electrons. The predicted octanol–water partition coefficient (Wildman–Crippen LogP) is -1.01. The first kappa shape index (κ1) is 20.6. The van der Waals surface area contributed by atoms with Crippen molar-refractivity contribution in [3.63, 3.8) is 0 Å². The van der Waals surface area contributed by atoms with Crippen LogP contribution in [0.5, 0.6) is 0 Å². The van der Waals surface area contributed by atoms with E-state index in [0.29, 0.717) is 6.92 Å². The molecule has 0 aliphatic carbocycles. The summed E-state index contributed by atoms with van der Waals surface area (Å²) in [6, 6.07) is 0. The van der Waals surface area contributed by atoms with Crippen molar-refractivity contribution >= 4 is 30.4 Å². The molecule has 0 bridgehead atoms. The van der Waals surface area contributed by atoms with E-state index in [1.807, 2.05) is 0 Å². The van der Waals surface area contributed by atoms with Gasteiger partial charge in [0, 0.05) is 5.92 Å². The van der Waals surface area contributed by atoms with Gasteiger partial charge in [-0.3, -0.25) is 18.3 Å². The Morgan fingerprint density at radius 2 is 0.700 bits per heavy atom. The fourth-order valence-electron chi connectivity index (χ4n) is 1.77. The van der Waals surface area contributed by atoms with Crippen molar-refractivity contribution in [1.29, 1.82) is 0 Å². The van der Waals surface area contributed by atoms with Gasteiger partial charge in [0.2, 0.25) is 0 Å². The van der Waals surface area contributed by atoms with Gasteiger partial charge in [-0.05, 0) is 0 Å². The Kier molecular flexibility index (Phi) is 6.19. The topological polar surface area (TPSA) is 230 Å². The maximum atomic E-state index is 11.1. The predicted molar refractivity (Wildman–Crippen MR) is 64.9 cm³/mol. The van der Waals surface area contributed by atoms with E-state index in [0.717, 1.165) is 0 Å². The number of hydrogen-bond donors (Lipinski definition) is 8. The van der Waals surface area contributed by atoms with Gasteiger partial charge in [0.25, 0.3) is 0 Å². The van der Waals surface area contributed by atoms with Crippen LogP contribution in [0.2, 0.25) is 0 Å². The third kappa shape index (κ3) is 5.42. The zero-order chi connectivity index (χ0) is 16.7. The summed E-state index contributed by atoms with van der Waals surface area (Å²) in [6.45, 7) is 0.533. The first-order chi connectivity index (χ1) is 8.40. The average molecular weight is 378 g/mol. The first-order valence-corrected chi connectivity index (χ1v) is 11.3. The van der Waals surface area contributed by atoms with E-state index in [-0.39, 0.29) is 0 Å². The second-order valence-electron chi connectivity index (χ2n) is 4.04. The van der Waals surface area contributed by atoms with Crippen molar-refractivity contribution in [1.82, 2.24) is 0 Å². The summed E-state index contributed by atoms with van der Waals surface area (Å²) in [5.74, 6) is -2.35. The van der Waals surface area contributed by atoms with Gasteiger partial charge in [-0.25, -0.2) is 0 Å². The first-order valence-electron chi connectivity index (χ1n) is 4.61. The molecule has 0 saturated carbocycles. The molecule has 122 valence electrons. The van der Waals surface area contributed by atoms with Crippen LogP contribution in [-0.2, 0) is 18.3 Å². The van der Waals surface area contributed by atoms with E-state index >= 15 is 0 Å². The minimum atomic E-state index is -5.60. The third-order valence-corrected chi connectivity index (χ3v) is 10.6. The SMILES string of the molecule is CC(C(P(=O)(O)O)P(=O)(O)O)C(P(=O)(O)O)P(=O)(O)O. The van der Waals surface area contributed by atoms with Gasteiger partial charge in [0.15, 0.2) is 10.8 Å². The van der Waals surface area contributed by atoms with Crippen LogP contribution in [0.4, 0.5) is 0 Å². The second-order valence-corrected chi connectivity index (χ2v) is 11.8. The minimum absolute atomic E-state index is 0.533. The molecule has 0 unspecified atom stereocenters. The van der Waals surface area contributed by atoms with Gasteiger partial charge in [-0.15, -0.1) is 0 Å². The molecule has 0 amide bonds. The number of rotatable bonds is 6. The van der Waals surface area contributed by atoms with Gasteiger partial charge >= 0.3 is 30.4 Å². The van der Waals surface area contributed by atoms with Crippen LogP contribution < -0.4 is 0 Å². The Labute approximate surface area is 112 Å². The zero-order valence-electron chi connectivity index (χ0n) is 9.73. The lowest BCUT2D eigenvalue weighted by molar-refractivity contribution is 0.300. The van der Waals surface area contributed by atoms with Crippen LogP contribution in [-0.4, -0.2) is 49.9 Å². The van der Waals surface area contributed by atoms with Gasteiger partial charge in [0.05, 0.1) is 0 Å². The van der Waals surface area contributed by atoms with Crippen LogP contribution in [0.15, 0.2) is 0 Å².